The van der Waals surface area contributed by atoms with E-state index in [2.05, 4.69) is 192 Å². The van der Waals surface area contributed by atoms with Crippen molar-refractivity contribution >= 4 is 60.4 Å². The number of aromatic nitrogens is 1. The minimum absolute atomic E-state index is 1.14. The van der Waals surface area contributed by atoms with E-state index in [9.17, 15) is 0 Å². The summed E-state index contributed by atoms with van der Waals surface area (Å²) in [5.41, 5.74) is 19.4. The molecule has 0 aliphatic heterocycles. The van der Waals surface area contributed by atoms with Crippen molar-refractivity contribution in [1.82, 2.24) is 4.57 Å². The van der Waals surface area contributed by atoms with Crippen molar-refractivity contribution in [2.75, 3.05) is 4.90 Å². The molecule has 0 amide bonds. The standard InChI is InChI=1S/C55H40N2/c1-35-19-23-43(24-20-35)56(55-34-38-14-6-5-13-37(38)29-48(55)36-11-3-2-4-12-36)44-25-21-39-30-49-51(32-41(39)27-44)50-31-40-22-26-45(28-42(40)33-52(49)50)57-53-17-9-7-15-46(53)47-16-8-10-18-54(47)57/h2-4,7-12,15-34H,5-6,13-14H2,1H3. The van der Waals surface area contributed by atoms with E-state index in [-0.39, 0.29) is 0 Å². The molecule has 1 aromatic heterocycles. The Morgan fingerprint density at radius 3 is 1.63 bits per heavy atom. The van der Waals surface area contributed by atoms with Crippen LogP contribution in [0.15, 0.2) is 176 Å². The lowest BCUT2D eigenvalue weighted by Gasteiger charge is -2.31. The van der Waals surface area contributed by atoms with Gasteiger partial charge < -0.3 is 9.47 Å². The SMILES string of the molecule is Cc1ccc(N(c2ccc3cc4c(cc3c2)-c2cc3ccc(-n5c6ccccc6c6ccccc65)cc3cc2-4)c2cc3c(cc2-c2ccccc2)CCCC3)cc1. The first kappa shape index (κ1) is 32.4. The van der Waals surface area contributed by atoms with Crippen molar-refractivity contribution in [3.63, 3.8) is 0 Å². The summed E-state index contributed by atoms with van der Waals surface area (Å²) in [6.07, 6.45) is 4.81. The van der Waals surface area contributed by atoms with Crippen LogP contribution >= 0.6 is 0 Å². The second-order valence-corrected chi connectivity index (χ2v) is 16.1. The van der Waals surface area contributed by atoms with E-state index in [0.29, 0.717) is 0 Å². The number of benzene rings is 9. The smallest absolute Gasteiger partial charge is 0.0542 e. The van der Waals surface area contributed by atoms with E-state index < -0.39 is 0 Å². The molecule has 10 aromatic rings. The average molecular weight is 729 g/mol. The summed E-state index contributed by atoms with van der Waals surface area (Å²) in [5, 5.41) is 7.63. The zero-order chi connectivity index (χ0) is 37.6. The van der Waals surface area contributed by atoms with Gasteiger partial charge in [0.1, 0.15) is 0 Å². The van der Waals surface area contributed by atoms with Crippen molar-refractivity contribution in [3.8, 4) is 39.1 Å². The first-order chi connectivity index (χ1) is 28.1. The van der Waals surface area contributed by atoms with Gasteiger partial charge in [0.05, 0.1) is 16.7 Å². The predicted octanol–water partition coefficient (Wildman–Crippen LogP) is 15.1. The van der Waals surface area contributed by atoms with Crippen molar-refractivity contribution < 1.29 is 0 Å². The Hall–Kier alpha value is -6.90. The lowest BCUT2D eigenvalue weighted by atomic mass is 9.78. The zero-order valence-electron chi connectivity index (χ0n) is 32.0. The fourth-order valence-electron chi connectivity index (χ4n) is 9.81. The molecule has 0 radical (unpaired) electrons. The Morgan fingerprint density at radius 1 is 0.421 bits per heavy atom. The molecule has 2 aliphatic rings. The number of hydrogen-bond acceptors (Lipinski definition) is 1. The van der Waals surface area contributed by atoms with E-state index in [1.165, 1.54) is 129 Å². The van der Waals surface area contributed by atoms with Gasteiger partial charge in [-0.2, -0.15) is 0 Å². The Bertz CT molecular complexity index is 3190. The van der Waals surface area contributed by atoms with Crippen molar-refractivity contribution in [2.24, 2.45) is 0 Å². The molecule has 270 valence electrons. The van der Waals surface area contributed by atoms with Gasteiger partial charge in [-0.3, -0.25) is 0 Å². The van der Waals surface area contributed by atoms with Crippen LogP contribution < -0.4 is 4.90 Å². The van der Waals surface area contributed by atoms with E-state index in [1.807, 2.05) is 0 Å². The zero-order valence-corrected chi connectivity index (χ0v) is 32.0. The summed E-state index contributed by atoms with van der Waals surface area (Å²) in [5.74, 6) is 0. The van der Waals surface area contributed by atoms with Crippen LogP contribution in [0.4, 0.5) is 17.1 Å². The van der Waals surface area contributed by atoms with Gasteiger partial charge in [-0.15, -0.1) is 0 Å². The number of fused-ring (bicyclic) bond motifs is 10. The Morgan fingerprint density at radius 2 is 0.965 bits per heavy atom. The maximum atomic E-state index is 2.49. The number of rotatable bonds is 5. The van der Waals surface area contributed by atoms with Gasteiger partial charge in [0, 0.05) is 33.4 Å². The van der Waals surface area contributed by atoms with Gasteiger partial charge in [0.15, 0.2) is 0 Å². The largest absolute Gasteiger partial charge is 0.310 e. The summed E-state index contributed by atoms with van der Waals surface area (Å²) in [6, 6.07) is 66.1. The Kier molecular flexibility index (Phi) is 7.13. The van der Waals surface area contributed by atoms with Crippen LogP contribution in [0.25, 0.3) is 82.4 Å². The first-order valence-electron chi connectivity index (χ1n) is 20.4. The summed E-state index contributed by atoms with van der Waals surface area (Å²) >= 11 is 0. The molecule has 12 rings (SSSR count). The van der Waals surface area contributed by atoms with Crippen LogP contribution in [-0.4, -0.2) is 4.57 Å². The van der Waals surface area contributed by atoms with Crippen molar-refractivity contribution in [1.29, 1.82) is 0 Å². The van der Waals surface area contributed by atoms with Crippen LogP contribution in [0.3, 0.4) is 0 Å². The molecule has 0 unspecified atom stereocenters. The van der Waals surface area contributed by atoms with Gasteiger partial charge in [0.25, 0.3) is 0 Å². The summed E-state index contributed by atoms with van der Waals surface area (Å²) in [4.78, 5) is 2.49. The van der Waals surface area contributed by atoms with E-state index in [1.54, 1.807) is 0 Å². The van der Waals surface area contributed by atoms with Gasteiger partial charge in [0.2, 0.25) is 0 Å². The molecule has 0 atom stereocenters. The van der Waals surface area contributed by atoms with Crippen LogP contribution in [0.2, 0.25) is 0 Å². The summed E-state index contributed by atoms with van der Waals surface area (Å²) in [7, 11) is 0. The number of anilines is 3. The normalized spacial score (nSPS) is 13.1. The molecule has 2 heteroatoms. The van der Waals surface area contributed by atoms with Crippen LogP contribution in [0, 0.1) is 6.92 Å². The number of hydrogen-bond donors (Lipinski definition) is 0. The average Bonchev–Trinajstić information content (AvgIpc) is 3.60. The van der Waals surface area contributed by atoms with Crippen LogP contribution in [0.5, 0.6) is 0 Å². The third kappa shape index (κ3) is 5.10. The monoisotopic (exact) mass is 728 g/mol. The minimum atomic E-state index is 1.14. The van der Waals surface area contributed by atoms with Gasteiger partial charge in [-0.25, -0.2) is 0 Å². The third-order valence-corrected chi connectivity index (χ3v) is 12.7. The number of para-hydroxylation sites is 2. The summed E-state index contributed by atoms with van der Waals surface area (Å²) < 4.78 is 2.41. The topological polar surface area (TPSA) is 8.17 Å². The second kappa shape index (κ2) is 12.6. The van der Waals surface area contributed by atoms with Gasteiger partial charge >= 0.3 is 0 Å². The highest BCUT2D eigenvalue weighted by Gasteiger charge is 2.26. The second-order valence-electron chi connectivity index (χ2n) is 16.1. The minimum Gasteiger partial charge on any atom is -0.310 e. The Labute approximate surface area is 332 Å². The van der Waals surface area contributed by atoms with E-state index in [0.717, 1.165) is 12.8 Å². The van der Waals surface area contributed by atoms with Crippen LogP contribution in [-0.2, 0) is 12.8 Å². The molecule has 0 N–H and O–H groups in total. The van der Waals surface area contributed by atoms with E-state index >= 15 is 0 Å². The molecular formula is C55H40N2. The maximum absolute atomic E-state index is 2.49. The van der Waals surface area contributed by atoms with Gasteiger partial charge in [-0.05, 0) is 178 Å². The molecule has 1 heterocycles. The maximum Gasteiger partial charge on any atom is 0.0542 e. The molecule has 2 aliphatic carbocycles. The number of aryl methyl sites for hydroxylation is 3. The molecule has 0 saturated heterocycles. The highest BCUT2D eigenvalue weighted by molar-refractivity contribution is 6.13. The molecule has 2 nitrogen and oxygen atoms in total. The molecule has 57 heavy (non-hydrogen) atoms. The fourth-order valence-corrected chi connectivity index (χ4v) is 9.81. The molecule has 0 spiro atoms. The third-order valence-electron chi connectivity index (χ3n) is 12.7. The first-order valence-corrected chi connectivity index (χ1v) is 20.4. The molecule has 0 fully saturated rings. The lowest BCUT2D eigenvalue weighted by molar-refractivity contribution is 0.686. The lowest BCUT2D eigenvalue weighted by Crippen LogP contribution is -2.13. The summed E-state index contributed by atoms with van der Waals surface area (Å²) in [6.45, 7) is 2.17. The molecular weight excluding hydrogens is 689 g/mol. The Balaban J connectivity index is 0.975. The highest BCUT2D eigenvalue weighted by atomic mass is 15.1. The fraction of sp³-hybridized carbons (Fsp3) is 0.0909. The van der Waals surface area contributed by atoms with Crippen molar-refractivity contribution in [3.05, 3.63) is 193 Å². The molecule has 0 saturated carbocycles. The highest BCUT2D eigenvalue weighted by Crippen LogP contribution is 2.51. The quantitative estimate of drug-likeness (QED) is 0.171. The van der Waals surface area contributed by atoms with Crippen molar-refractivity contribution in [2.45, 2.75) is 32.6 Å². The molecule has 9 aromatic carbocycles. The van der Waals surface area contributed by atoms with E-state index in [4.69, 9.17) is 0 Å². The van der Waals surface area contributed by atoms with Gasteiger partial charge in [-0.1, -0.05) is 96.6 Å². The molecule has 0 bridgehead atoms. The number of nitrogens with zero attached hydrogens (tertiary/aromatic N) is 2. The predicted molar refractivity (Wildman–Crippen MR) is 242 cm³/mol. The van der Waals surface area contributed by atoms with Crippen LogP contribution in [0.1, 0.15) is 29.5 Å².